The van der Waals surface area contributed by atoms with Crippen LogP contribution in [0.5, 0.6) is 5.75 Å². The minimum atomic E-state index is -0.567. The molecule has 32 heavy (non-hydrogen) atoms. The highest BCUT2D eigenvalue weighted by atomic mass is 32.2. The molecule has 2 aromatic carbocycles. The zero-order valence-electron chi connectivity index (χ0n) is 16.8. The van der Waals surface area contributed by atoms with Crippen molar-refractivity contribution in [2.45, 2.75) is 17.6 Å². The van der Waals surface area contributed by atoms with Crippen LogP contribution in [0.25, 0.3) is 5.82 Å². The lowest BCUT2D eigenvalue weighted by atomic mass is 10.2. The molecule has 11 nitrogen and oxygen atoms in total. The second-order valence-electron chi connectivity index (χ2n) is 6.67. The van der Waals surface area contributed by atoms with Gasteiger partial charge >= 0.3 is 0 Å². The molecule has 0 atom stereocenters. The summed E-state index contributed by atoms with van der Waals surface area (Å²) < 4.78 is 5.98. The summed E-state index contributed by atoms with van der Waals surface area (Å²) in [5.41, 5.74) is 10.5. The highest BCUT2D eigenvalue weighted by molar-refractivity contribution is 7.98. The lowest BCUT2D eigenvalue weighted by Crippen LogP contribution is -2.20. The fraction of sp³-hybridized carbons (Fsp3) is 0.100. The lowest BCUT2D eigenvalue weighted by Gasteiger charge is -2.06. The zero-order valence-corrected chi connectivity index (χ0v) is 17.7. The molecule has 12 heteroatoms. The normalized spacial score (nSPS) is 11.2. The van der Waals surface area contributed by atoms with Crippen molar-refractivity contribution in [3.05, 3.63) is 71.0 Å². The molecule has 0 unspecified atom stereocenters. The van der Waals surface area contributed by atoms with Crippen LogP contribution < -0.4 is 11.2 Å². The first-order valence-corrected chi connectivity index (χ1v) is 10.3. The van der Waals surface area contributed by atoms with Crippen LogP contribution in [0.3, 0.4) is 0 Å². The molecule has 0 aliphatic heterocycles. The van der Waals surface area contributed by atoms with Gasteiger partial charge in [0, 0.05) is 10.6 Å². The molecule has 2 heterocycles. The summed E-state index contributed by atoms with van der Waals surface area (Å²) in [6, 6.07) is 14.4. The van der Waals surface area contributed by atoms with Gasteiger partial charge in [0.2, 0.25) is 11.6 Å². The summed E-state index contributed by atoms with van der Waals surface area (Å²) in [7, 11) is 0. The monoisotopic (exact) mass is 450 g/mol. The van der Waals surface area contributed by atoms with Gasteiger partial charge in [-0.05, 0) is 47.1 Å². The van der Waals surface area contributed by atoms with E-state index in [1.165, 1.54) is 34.8 Å². The van der Waals surface area contributed by atoms with Crippen molar-refractivity contribution in [3.8, 4) is 11.6 Å². The van der Waals surface area contributed by atoms with Gasteiger partial charge in [-0.15, -0.1) is 16.9 Å². The van der Waals surface area contributed by atoms with Gasteiger partial charge in [-0.1, -0.05) is 35.0 Å². The first kappa shape index (κ1) is 21.1. The maximum Gasteiger partial charge on any atom is 0.293 e. The van der Waals surface area contributed by atoms with Crippen LogP contribution in [0.4, 0.5) is 5.82 Å². The van der Waals surface area contributed by atoms with E-state index < -0.39 is 5.91 Å². The van der Waals surface area contributed by atoms with E-state index in [-0.39, 0.29) is 23.1 Å². The molecule has 0 saturated heterocycles. The number of phenols is 1. The number of anilines is 1. The van der Waals surface area contributed by atoms with Gasteiger partial charge in [-0.2, -0.15) is 9.78 Å². The Morgan fingerprint density at radius 2 is 2.09 bits per heavy atom. The number of carbonyl (C=O) groups is 1. The summed E-state index contributed by atoms with van der Waals surface area (Å²) in [5, 5.41) is 28.8. The van der Waals surface area contributed by atoms with Crippen LogP contribution in [0.15, 0.2) is 63.2 Å². The maximum atomic E-state index is 12.8. The molecular weight excluding hydrogens is 432 g/mol. The van der Waals surface area contributed by atoms with Gasteiger partial charge in [-0.3, -0.25) is 4.79 Å². The molecule has 0 saturated carbocycles. The van der Waals surface area contributed by atoms with Gasteiger partial charge in [0.1, 0.15) is 5.75 Å². The predicted molar refractivity (Wildman–Crippen MR) is 118 cm³/mol. The molecule has 0 aliphatic carbocycles. The smallest absolute Gasteiger partial charge is 0.293 e. The minimum Gasteiger partial charge on any atom is -0.508 e. The number of amides is 1. The SMILES string of the molecule is Cc1ccc(SCc2c(C(=O)NN=Cc3cccc(O)c3)nnn2-c2nonc2N)cc1. The van der Waals surface area contributed by atoms with Gasteiger partial charge in [-0.25, -0.2) is 10.1 Å². The van der Waals surface area contributed by atoms with Crippen molar-refractivity contribution >= 4 is 29.7 Å². The van der Waals surface area contributed by atoms with Crippen LogP contribution in [0.1, 0.15) is 27.3 Å². The quantitative estimate of drug-likeness (QED) is 0.218. The lowest BCUT2D eigenvalue weighted by molar-refractivity contribution is 0.0949. The van der Waals surface area contributed by atoms with Crippen molar-refractivity contribution in [2.24, 2.45) is 5.10 Å². The molecule has 0 fully saturated rings. The molecule has 1 amide bonds. The Morgan fingerprint density at radius 1 is 1.28 bits per heavy atom. The van der Waals surface area contributed by atoms with E-state index >= 15 is 0 Å². The molecule has 0 spiro atoms. The number of phenolic OH excluding ortho intramolecular Hbond substituents is 1. The number of nitrogens with two attached hydrogens (primary N) is 1. The van der Waals surface area contributed by atoms with Gasteiger partial charge in [0.05, 0.1) is 11.9 Å². The van der Waals surface area contributed by atoms with E-state index in [0.29, 0.717) is 17.0 Å². The number of carbonyl (C=O) groups excluding carboxylic acids is 1. The van der Waals surface area contributed by atoms with Crippen molar-refractivity contribution in [1.82, 2.24) is 30.7 Å². The third-order valence-corrected chi connectivity index (χ3v) is 5.34. The Labute approximate surface area is 186 Å². The fourth-order valence-corrected chi connectivity index (χ4v) is 3.62. The number of hydrogen-bond acceptors (Lipinski definition) is 10. The fourth-order valence-electron chi connectivity index (χ4n) is 2.73. The Hall–Kier alpha value is -4.19. The van der Waals surface area contributed by atoms with Crippen LogP contribution in [0.2, 0.25) is 0 Å². The summed E-state index contributed by atoms with van der Waals surface area (Å²) in [6.45, 7) is 2.01. The number of nitrogen functional groups attached to an aromatic ring is 1. The Balaban J connectivity index is 1.57. The van der Waals surface area contributed by atoms with E-state index in [1.54, 1.807) is 12.1 Å². The largest absolute Gasteiger partial charge is 0.508 e. The molecule has 0 radical (unpaired) electrons. The third-order valence-electron chi connectivity index (χ3n) is 4.32. The number of nitrogens with zero attached hydrogens (tertiary/aromatic N) is 6. The first-order chi connectivity index (χ1) is 15.5. The second kappa shape index (κ2) is 9.31. The molecule has 0 aliphatic rings. The number of nitrogens with one attached hydrogen (secondary N) is 1. The molecular formula is C20H18N8O3S. The number of aromatic hydroxyl groups is 1. The number of benzene rings is 2. The topological polar surface area (TPSA) is 157 Å². The van der Waals surface area contributed by atoms with E-state index in [0.717, 1.165) is 10.5 Å². The van der Waals surface area contributed by atoms with Crippen molar-refractivity contribution < 1.29 is 14.5 Å². The van der Waals surface area contributed by atoms with E-state index in [4.69, 9.17) is 5.73 Å². The molecule has 0 bridgehead atoms. The number of hydrazone groups is 1. The first-order valence-electron chi connectivity index (χ1n) is 9.36. The highest BCUT2D eigenvalue weighted by Gasteiger charge is 2.24. The number of hydrogen-bond donors (Lipinski definition) is 3. The highest BCUT2D eigenvalue weighted by Crippen LogP contribution is 2.26. The van der Waals surface area contributed by atoms with E-state index in [1.807, 2.05) is 31.2 Å². The Bertz CT molecular complexity index is 1270. The van der Waals surface area contributed by atoms with Crippen LogP contribution in [0, 0.1) is 6.92 Å². The summed E-state index contributed by atoms with van der Waals surface area (Å²) in [5.74, 6) is 0.0331. The summed E-state index contributed by atoms with van der Waals surface area (Å²) in [4.78, 5) is 13.8. The van der Waals surface area contributed by atoms with E-state index in [2.05, 4.69) is 35.8 Å². The second-order valence-corrected chi connectivity index (χ2v) is 7.71. The standard InChI is InChI=1S/C20H18N8O3S/c1-12-5-7-15(8-6-12)32-11-16-17(23-27-28(16)19-18(21)25-31-26-19)20(30)24-22-10-13-3-2-4-14(29)9-13/h2-10,29H,11H2,1H3,(H2,21,25)(H,24,30). The van der Waals surface area contributed by atoms with Crippen LogP contribution in [-0.4, -0.2) is 42.5 Å². The minimum absolute atomic E-state index is 0.0188. The molecule has 162 valence electrons. The predicted octanol–water partition coefficient (Wildman–Crippen LogP) is 2.30. The van der Waals surface area contributed by atoms with Crippen molar-refractivity contribution in [3.63, 3.8) is 0 Å². The average Bonchev–Trinajstić information content (AvgIpc) is 3.39. The molecule has 2 aromatic heterocycles. The number of thioether (sulfide) groups is 1. The molecule has 4 N–H and O–H groups in total. The average molecular weight is 450 g/mol. The summed E-state index contributed by atoms with van der Waals surface area (Å²) in [6.07, 6.45) is 1.41. The van der Waals surface area contributed by atoms with Crippen molar-refractivity contribution in [1.29, 1.82) is 0 Å². The summed E-state index contributed by atoms with van der Waals surface area (Å²) >= 11 is 1.49. The maximum absolute atomic E-state index is 12.8. The number of aryl methyl sites for hydroxylation is 1. The van der Waals surface area contributed by atoms with Crippen molar-refractivity contribution in [2.75, 3.05) is 5.73 Å². The Kier molecular flexibility index (Phi) is 6.12. The number of rotatable bonds is 7. The van der Waals surface area contributed by atoms with Gasteiger partial charge < -0.3 is 10.8 Å². The van der Waals surface area contributed by atoms with Gasteiger partial charge in [0.15, 0.2) is 5.69 Å². The Morgan fingerprint density at radius 3 is 2.81 bits per heavy atom. The van der Waals surface area contributed by atoms with Crippen LogP contribution >= 0.6 is 11.8 Å². The number of aromatic nitrogens is 5. The van der Waals surface area contributed by atoms with Gasteiger partial charge in [0.25, 0.3) is 5.91 Å². The molecule has 4 rings (SSSR count). The van der Waals surface area contributed by atoms with E-state index in [9.17, 15) is 9.90 Å². The molecule has 4 aromatic rings. The third kappa shape index (κ3) is 4.75. The zero-order chi connectivity index (χ0) is 22.5. The van der Waals surface area contributed by atoms with Crippen LogP contribution in [-0.2, 0) is 5.75 Å².